The molecule has 4 fully saturated rings. The fourth-order valence-electron chi connectivity index (χ4n) is 6.24. The molecule has 0 radical (unpaired) electrons. The minimum atomic E-state index is -0.874. The predicted octanol–water partition coefficient (Wildman–Crippen LogP) is 2.41. The molecule has 10 heteroatoms. The zero-order chi connectivity index (χ0) is 28.7. The van der Waals surface area contributed by atoms with Crippen LogP contribution in [0.4, 0.5) is 0 Å². The van der Waals surface area contributed by atoms with Crippen molar-refractivity contribution in [3.05, 3.63) is 24.3 Å². The summed E-state index contributed by atoms with van der Waals surface area (Å²) in [4.78, 5) is 46.4. The number of hydrogen-bond acceptors (Lipinski definition) is 9. The van der Waals surface area contributed by atoms with Gasteiger partial charge in [0.15, 0.2) is 0 Å². The number of esters is 3. The Morgan fingerprint density at radius 1 is 0.737 bits per heavy atom. The highest BCUT2D eigenvalue weighted by Gasteiger charge is 2.58. The SMILES string of the molecule is C=C(C)C(=O)OC1C(O)C2CC(C(=O)O)C1C2.C=C(C)C(=O)OC1C(O)C2CC(C(=O)OC(C)(C)C)C1C2. The van der Waals surface area contributed by atoms with Crippen LogP contribution in [0.3, 0.4) is 0 Å². The third-order valence-corrected chi connectivity index (χ3v) is 7.99. The molecular formula is C28H40O10. The Bertz CT molecular complexity index is 994. The smallest absolute Gasteiger partial charge is 0.333 e. The molecule has 10 nitrogen and oxygen atoms in total. The van der Waals surface area contributed by atoms with Crippen LogP contribution >= 0.6 is 0 Å². The summed E-state index contributed by atoms with van der Waals surface area (Å²) in [6, 6.07) is 0. The summed E-state index contributed by atoms with van der Waals surface area (Å²) >= 11 is 0. The molecule has 4 aliphatic carbocycles. The lowest BCUT2D eigenvalue weighted by molar-refractivity contribution is -0.171. The van der Waals surface area contributed by atoms with Gasteiger partial charge in [-0.15, -0.1) is 0 Å². The van der Waals surface area contributed by atoms with Crippen LogP contribution in [-0.2, 0) is 33.4 Å². The minimum absolute atomic E-state index is 0.00422. The van der Waals surface area contributed by atoms with Crippen molar-refractivity contribution in [3.63, 3.8) is 0 Å². The summed E-state index contributed by atoms with van der Waals surface area (Å²) in [6.45, 7) is 15.6. The van der Waals surface area contributed by atoms with Gasteiger partial charge in [-0.2, -0.15) is 0 Å². The van der Waals surface area contributed by atoms with E-state index in [9.17, 15) is 29.4 Å². The van der Waals surface area contributed by atoms with E-state index in [1.165, 1.54) is 6.92 Å². The van der Waals surface area contributed by atoms with Crippen LogP contribution in [0.1, 0.15) is 60.3 Å². The van der Waals surface area contributed by atoms with Crippen LogP contribution in [0.5, 0.6) is 0 Å². The van der Waals surface area contributed by atoms with E-state index in [0.717, 1.165) is 0 Å². The van der Waals surface area contributed by atoms with Crippen molar-refractivity contribution in [3.8, 4) is 0 Å². The standard InChI is InChI=1S/C16H24O5.C12H16O5/c1-8(2)14(18)20-13-10-6-9(12(13)17)7-11(10)15(19)21-16(3,4)5;1-5(2)12(16)17-10-7-3-6(9(10)13)4-8(7)11(14)15/h9-13,17H,1,6-7H2,2-5H3;6-10,13H,1,3-4H2,2H3,(H,14,15). The number of aliphatic hydroxyl groups excluding tert-OH is 2. The molecule has 4 saturated carbocycles. The van der Waals surface area contributed by atoms with E-state index in [1.807, 2.05) is 20.8 Å². The van der Waals surface area contributed by atoms with Gasteiger partial charge in [-0.3, -0.25) is 9.59 Å². The molecule has 10 atom stereocenters. The summed E-state index contributed by atoms with van der Waals surface area (Å²) in [5.41, 5.74) is 0.00662. The maximum atomic E-state index is 12.3. The number of aliphatic carboxylic acids is 1. The third-order valence-electron chi connectivity index (χ3n) is 7.99. The Morgan fingerprint density at radius 3 is 1.47 bits per heavy atom. The van der Waals surface area contributed by atoms with Crippen LogP contribution in [-0.4, -0.2) is 69.2 Å². The highest BCUT2D eigenvalue weighted by Crippen LogP contribution is 2.51. The second-order valence-electron chi connectivity index (χ2n) is 12.2. The fourth-order valence-corrected chi connectivity index (χ4v) is 6.24. The molecule has 4 rings (SSSR count). The molecule has 0 heterocycles. The van der Waals surface area contributed by atoms with Crippen molar-refractivity contribution in [1.82, 2.24) is 0 Å². The van der Waals surface area contributed by atoms with Crippen LogP contribution in [0, 0.1) is 35.5 Å². The molecule has 0 aromatic rings. The Kier molecular flexibility index (Phi) is 8.77. The van der Waals surface area contributed by atoms with Crippen LogP contribution in [0.25, 0.3) is 0 Å². The summed E-state index contributed by atoms with van der Waals surface area (Å²) in [5, 5.41) is 29.1. The molecule has 38 heavy (non-hydrogen) atoms. The number of carboxylic acid groups (broad SMARTS) is 1. The molecule has 212 valence electrons. The van der Waals surface area contributed by atoms with Gasteiger partial charge in [-0.05, 0) is 72.1 Å². The first-order valence-corrected chi connectivity index (χ1v) is 13.1. The highest BCUT2D eigenvalue weighted by molar-refractivity contribution is 5.87. The molecule has 0 aromatic carbocycles. The largest absolute Gasteiger partial charge is 0.481 e. The highest BCUT2D eigenvalue weighted by atomic mass is 16.6. The van der Waals surface area contributed by atoms with E-state index in [0.29, 0.717) is 31.3 Å². The molecular weight excluding hydrogens is 496 g/mol. The minimum Gasteiger partial charge on any atom is -0.481 e. The second-order valence-corrected chi connectivity index (χ2v) is 12.2. The van der Waals surface area contributed by atoms with Gasteiger partial charge in [0.05, 0.1) is 24.0 Å². The first kappa shape index (κ1) is 29.8. The number of aliphatic hydroxyl groups is 2. The number of carbonyl (C=O) groups excluding carboxylic acids is 3. The summed E-state index contributed by atoms with van der Waals surface area (Å²) < 4.78 is 15.9. The van der Waals surface area contributed by atoms with Gasteiger partial charge in [-0.25, -0.2) is 9.59 Å². The zero-order valence-corrected chi connectivity index (χ0v) is 22.7. The Labute approximate surface area is 223 Å². The average Bonchev–Trinajstić information content (AvgIpc) is 3.55. The number of ether oxygens (including phenoxy) is 3. The van der Waals surface area contributed by atoms with Crippen molar-refractivity contribution in [2.75, 3.05) is 0 Å². The van der Waals surface area contributed by atoms with Crippen LogP contribution in [0.2, 0.25) is 0 Å². The molecule has 3 N–H and O–H groups in total. The molecule has 4 aliphatic rings. The van der Waals surface area contributed by atoms with Crippen molar-refractivity contribution < 1.29 is 48.7 Å². The lowest BCUT2D eigenvalue weighted by Crippen LogP contribution is -2.43. The first-order chi connectivity index (χ1) is 17.5. The van der Waals surface area contributed by atoms with Crippen LogP contribution < -0.4 is 0 Å². The Hall–Kier alpha value is -2.72. The fraction of sp³-hybridized carbons (Fsp3) is 0.714. The molecule has 0 aliphatic heterocycles. The number of fused-ring (bicyclic) bond motifs is 4. The van der Waals surface area contributed by atoms with E-state index in [-0.39, 0.29) is 41.1 Å². The number of carboxylic acids is 1. The topological polar surface area (TPSA) is 157 Å². The van der Waals surface area contributed by atoms with Crippen LogP contribution in [0.15, 0.2) is 24.3 Å². The van der Waals surface area contributed by atoms with E-state index < -0.39 is 53.8 Å². The van der Waals surface area contributed by atoms with Crippen molar-refractivity contribution in [2.45, 2.75) is 90.3 Å². The lowest BCUT2D eigenvalue weighted by Gasteiger charge is -2.33. The maximum absolute atomic E-state index is 12.3. The van der Waals surface area contributed by atoms with Gasteiger partial charge in [0, 0.05) is 23.0 Å². The molecule has 0 spiro atoms. The monoisotopic (exact) mass is 536 g/mol. The molecule has 0 amide bonds. The van der Waals surface area contributed by atoms with Gasteiger partial charge in [0.25, 0.3) is 0 Å². The number of hydrogen-bond donors (Lipinski definition) is 3. The second kappa shape index (κ2) is 11.2. The Balaban J connectivity index is 0.000000215. The van der Waals surface area contributed by atoms with E-state index in [1.54, 1.807) is 6.92 Å². The third kappa shape index (κ3) is 6.29. The van der Waals surface area contributed by atoms with E-state index >= 15 is 0 Å². The predicted molar refractivity (Wildman–Crippen MR) is 134 cm³/mol. The van der Waals surface area contributed by atoms with E-state index in [2.05, 4.69) is 13.2 Å². The first-order valence-electron chi connectivity index (χ1n) is 13.1. The molecule has 0 saturated heterocycles. The number of rotatable bonds is 6. The summed E-state index contributed by atoms with van der Waals surface area (Å²) in [5.74, 6) is -3.54. The average molecular weight is 537 g/mol. The van der Waals surface area contributed by atoms with Gasteiger partial charge in [0.1, 0.15) is 17.8 Å². The number of carbonyl (C=O) groups is 4. The van der Waals surface area contributed by atoms with Crippen molar-refractivity contribution in [2.24, 2.45) is 35.5 Å². The lowest BCUT2D eigenvalue weighted by atomic mass is 9.85. The molecule has 10 unspecified atom stereocenters. The molecule has 0 aromatic heterocycles. The van der Waals surface area contributed by atoms with Gasteiger partial charge < -0.3 is 29.5 Å². The quantitative estimate of drug-likeness (QED) is 0.262. The maximum Gasteiger partial charge on any atom is 0.333 e. The Morgan fingerprint density at radius 2 is 1.13 bits per heavy atom. The van der Waals surface area contributed by atoms with E-state index in [4.69, 9.17) is 19.3 Å². The van der Waals surface area contributed by atoms with Crippen molar-refractivity contribution >= 4 is 23.9 Å². The van der Waals surface area contributed by atoms with Gasteiger partial charge in [0.2, 0.25) is 0 Å². The summed E-state index contributed by atoms with van der Waals surface area (Å²) in [6.07, 6.45) is -0.379. The summed E-state index contributed by atoms with van der Waals surface area (Å²) in [7, 11) is 0. The van der Waals surface area contributed by atoms with Crippen molar-refractivity contribution in [1.29, 1.82) is 0 Å². The van der Waals surface area contributed by atoms with Gasteiger partial charge >= 0.3 is 23.9 Å². The zero-order valence-electron chi connectivity index (χ0n) is 22.7. The molecule has 4 bridgehead atoms. The van der Waals surface area contributed by atoms with Gasteiger partial charge in [-0.1, -0.05) is 13.2 Å². The normalized spacial score (nSPS) is 36.6.